The quantitative estimate of drug-likeness (QED) is 0.835. The van der Waals surface area contributed by atoms with E-state index in [9.17, 15) is 0 Å². The van der Waals surface area contributed by atoms with E-state index in [1.807, 2.05) is 0 Å². The predicted molar refractivity (Wildman–Crippen MR) is 70.1 cm³/mol. The van der Waals surface area contributed by atoms with Crippen molar-refractivity contribution in [2.24, 2.45) is 0 Å². The van der Waals surface area contributed by atoms with Crippen LogP contribution in [-0.4, -0.2) is 25.7 Å². The van der Waals surface area contributed by atoms with E-state index in [0.717, 1.165) is 19.5 Å². The maximum absolute atomic E-state index is 3.54. The first-order chi connectivity index (χ1) is 7.85. The van der Waals surface area contributed by atoms with Crippen molar-refractivity contribution in [1.29, 1.82) is 0 Å². The summed E-state index contributed by atoms with van der Waals surface area (Å²) < 4.78 is 0. The molecule has 0 spiro atoms. The summed E-state index contributed by atoms with van der Waals surface area (Å²) in [4.78, 5) is 2.52. The minimum absolute atomic E-state index is 0.676. The molecular weight excluding hydrogens is 196 g/mol. The van der Waals surface area contributed by atoms with E-state index in [4.69, 9.17) is 0 Å². The van der Waals surface area contributed by atoms with Gasteiger partial charge in [0.05, 0.1) is 0 Å². The molecule has 0 radical (unpaired) electrons. The van der Waals surface area contributed by atoms with Crippen LogP contribution in [0, 0.1) is 0 Å². The molecule has 0 aromatic heterocycles. The summed E-state index contributed by atoms with van der Waals surface area (Å²) in [7, 11) is 0. The van der Waals surface area contributed by atoms with Gasteiger partial charge in [-0.1, -0.05) is 32.0 Å². The van der Waals surface area contributed by atoms with Crippen LogP contribution in [0.25, 0.3) is 0 Å². The molecule has 1 saturated heterocycles. The van der Waals surface area contributed by atoms with Crippen LogP contribution < -0.4 is 10.2 Å². The minimum atomic E-state index is 0.676. The normalized spacial score (nSPS) is 20.4. The van der Waals surface area contributed by atoms with Gasteiger partial charge in [0.1, 0.15) is 0 Å². The second kappa shape index (κ2) is 5.35. The lowest BCUT2D eigenvalue weighted by molar-refractivity contribution is 0.572. The Hall–Kier alpha value is -1.02. The summed E-state index contributed by atoms with van der Waals surface area (Å²) in [5, 5.41) is 3.54. The fraction of sp³-hybridized carbons (Fsp3) is 0.571. The highest BCUT2D eigenvalue weighted by atomic mass is 15.2. The third kappa shape index (κ3) is 2.38. The third-order valence-corrected chi connectivity index (χ3v) is 3.39. The first-order valence-electron chi connectivity index (χ1n) is 6.41. The molecule has 1 fully saturated rings. The Labute approximate surface area is 98.7 Å². The standard InChI is InChI=1S/C14H22N2/c1-3-12-7-5-6-8-14(12)16-10-9-13(11-16)15-4-2/h5-8,13,15H,3-4,9-11H2,1-2H3. The molecule has 1 aliphatic heterocycles. The second-order valence-electron chi connectivity index (χ2n) is 4.47. The van der Waals surface area contributed by atoms with Crippen LogP contribution >= 0.6 is 0 Å². The largest absolute Gasteiger partial charge is 0.370 e. The topological polar surface area (TPSA) is 15.3 Å². The molecule has 1 N–H and O–H groups in total. The van der Waals surface area contributed by atoms with Crippen molar-refractivity contribution in [3.8, 4) is 0 Å². The van der Waals surface area contributed by atoms with Gasteiger partial charge in [-0.25, -0.2) is 0 Å². The Bertz CT molecular complexity index is 335. The summed E-state index contributed by atoms with van der Waals surface area (Å²) in [6.45, 7) is 7.84. The zero-order valence-electron chi connectivity index (χ0n) is 10.4. The number of rotatable bonds is 4. The molecule has 2 rings (SSSR count). The van der Waals surface area contributed by atoms with Gasteiger partial charge in [-0.3, -0.25) is 0 Å². The first-order valence-corrected chi connectivity index (χ1v) is 6.41. The van der Waals surface area contributed by atoms with Crippen LogP contribution in [0.4, 0.5) is 5.69 Å². The van der Waals surface area contributed by atoms with Gasteiger partial charge in [0.2, 0.25) is 0 Å². The fourth-order valence-corrected chi connectivity index (χ4v) is 2.55. The van der Waals surface area contributed by atoms with E-state index in [0.29, 0.717) is 6.04 Å². The summed E-state index contributed by atoms with van der Waals surface area (Å²) in [5.41, 5.74) is 2.91. The van der Waals surface area contributed by atoms with Crippen molar-refractivity contribution in [2.45, 2.75) is 32.7 Å². The van der Waals surface area contributed by atoms with Crippen LogP contribution in [0.15, 0.2) is 24.3 Å². The molecule has 0 amide bonds. The number of nitrogens with zero attached hydrogens (tertiary/aromatic N) is 1. The Balaban J connectivity index is 2.08. The van der Waals surface area contributed by atoms with Gasteiger partial charge < -0.3 is 10.2 Å². The van der Waals surface area contributed by atoms with Crippen LogP contribution in [0.2, 0.25) is 0 Å². The van der Waals surface area contributed by atoms with Gasteiger partial charge in [0.25, 0.3) is 0 Å². The second-order valence-corrected chi connectivity index (χ2v) is 4.47. The Morgan fingerprint density at radius 1 is 1.31 bits per heavy atom. The van der Waals surface area contributed by atoms with Gasteiger partial charge in [0, 0.05) is 24.8 Å². The molecule has 88 valence electrons. The highest BCUT2D eigenvalue weighted by Gasteiger charge is 2.22. The van der Waals surface area contributed by atoms with Gasteiger partial charge >= 0.3 is 0 Å². The maximum atomic E-state index is 3.54. The van der Waals surface area contributed by atoms with E-state index >= 15 is 0 Å². The highest BCUT2D eigenvalue weighted by Crippen LogP contribution is 2.24. The van der Waals surface area contributed by atoms with Crippen LogP contribution in [-0.2, 0) is 6.42 Å². The maximum Gasteiger partial charge on any atom is 0.0399 e. The average molecular weight is 218 g/mol. The Morgan fingerprint density at radius 3 is 2.88 bits per heavy atom. The molecule has 1 aromatic rings. The molecule has 1 atom stereocenters. The number of hydrogen-bond donors (Lipinski definition) is 1. The zero-order chi connectivity index (χ0) is 11.4. The van der Waals surface area contributed by atoms with Gasteiger partial charge in [0.15, 0.2) is 0 Å². The fourth-order valence-electron chi connectivity index (χ4n) is 2.55. The van der Waals surface area contributed by atoms with Gasteiger partial charge in [-0.2, -0.15) is 0 Å². The number of para-hydroxylation sites is 1. The van der Waals surface area contributed by atoms with Crippen LogP contribution in [0.3, 0.4) is 0 Å². The van der Waals surface area contributed by atoms with Crippen molar-refractivity contribution in [2.75, 3.05) is 24.5 Å². The zero-order valence-corrected chi connectivity index (χ0v) is 10.4. The molecule has 2 heteroatoms. The van der Waals surface area contributed by atoms with E-state index < -0.39 is 0 Å². The summed E-state index contributed by atoms with van der Waals surface area (Å²) >= 11 is 0. The van der Waals surface area contributed by atoms with Crippen LogP contribution in [0.5, 0.6) is 0 Å². The number of aryl methyl sites for hydroxylation is 1. The minimum Gasteiger partial charge on any atom is -0.370 e. The Kier molecular flexibility index (Phi) is 3.83. The van der Waals surface area contributed by atoms with Crippen molar-refractivity contribution >= 4 is 5.69 Å². The molecule has 16 heavy (non-hydrogen) atoms. The molecule has 0 bridgehead atoms. The number of benzene rings is 1. The van der Waals surface area contributed by atoms with E-state index in [1.54, 1.807) is 0 Å². The van der Waals surface area contributed by atoms with Gasteiger partial charge in [-0.05, 0) is 31.0 Å². The van der Waals surface area contributed by atoms with Crippen LogP contribution in [0.1, 0.15) is 25.8 Å². The van der Waals surface area contributed by atoms with Crippen molar-refractivity contribution < 1.29 is 0 Å². The number of nitrogens with one attached hydrogen (secondary N) is 1. The molecule has 1 unspecified atom stereocenters. The molecule has 0 aliphatic carbocycles. The van der Waals surface area contributed by atoms with Gasteiger partial charge in [-0.15, -0.1) is 0 Å². The number of hydrogen-bond acceptors (Lipinski definition) is 2. The van der Waals surface area contributed by atoms with E-state index in [1.165, 1.54) is 24.2 Å². The Morgan fingerprint density at radius 2 is 2.12 bits per heavy atom. The van der Waals surface area contributed by atoms with Crippen molar-refractivity contribution in [1.82, 2.24) is 5.32 Å². The summed E-state index contributed by atoms with van der Waals surface area (Å²) in [6, 6.07) is 9.47. The molecule has 0 saturated carbocycles. The number of anilines is 1. The molecule has 1 heterocycles. The molecular formula is C14H22N2. The molecule has 1 aromatic carbocycles. The lowest BCUT2D eigenvalue weighted by Crippen LogP contribution is -2.32. The molecule has 1 aliphatic rings. The predicted octanol–water partition coefficient (Wildman–Crippen LogP) is 2.44. The lowest BCUT2D eigenvalue weighted by Gasteiger charge is -2.21. The monoisotopic (exact) mass is 218 g/mol. The lowest BCUT2D eigenvalue weighted by atomic mass is 10.1. The van der Waals surface area contributed by atoms with Crippen molar-refractivity contribution in [3.05, 3.63) is 29.8 Å². The average Bonchev–Trinajstić information content (AvgIpc) is 2.78. The highest BCUT2D eigenvalue weighted by molar-refractivity contribution is 5.54. The number of likely N-dealkylation sites (N-methyl/N-ethyl adjacent to an activating group) is 1. The first kappa shape index (κ1) is 11.5. The summed E-state index contributed by atoms with van der Waals surface area (Å²) in [6.07, 6.45) is 2.39. The third-order valence-electron chi connectivity index (χ3n) is 3.39. The van der Waals surface area contributed by atoms with E-state index in [2.05, 4.69) is 48.3 Å². The SMILES string of the molecule is CCNC1CCN(c2ccccc2CC)C1. The van der Waals surface area contributed by atoms with E-state index in [-0.39, 0.29) is 0 Å². The summed E-state index contributed by atoms with van der Waals surface area (Å²) in [5.74, 6) is 0. The molecule has 2 nitrogen and oxygen atoms in total. The smallest absolute Gasteiger partial charge is 0.0399 e. The van der Waals surface area contributed by atoms with Crippen molar-refractivity contribution in [3.63, 3.8) is 0 Å².